The molecule has 0 unspecified atom stereocenters. The molecule has 3 aliphatic rings. The van der Waals surface area contributed by atoms with Gasteiger partial charge >= 0.3 is 0 Å². The number of nitrogens with zero attached hydrogens (tertiary/aromatic N) is 1. The van der Waals surface area contributed by atoms with Crippen LogP contribution in [0.5, 0.6) is 0 Å². The fourth-order valence-corrected chi connectivity index (χ4v) is 6.11. The van der Waals surface area contributed by atoms with Crippen LogP contribution in [-0.4, -0.2) is 35.2 Å². The summed E-state index contributed by atoms with van der Waals surface area (Å²) in [6, 6.07) is 0. The number of hydrogen-bond donors (Lipinski definition) is 2. The normalized spacial score (nSPS) is 34.0. The van der Waals surface area contributed by atoms with Gasteiger partial charge in [-0.15, -0.1) is 0 Å². The van der Waals surface area contributed by atoms with Crippen LogP contribution in [0.4, 0.5) is 0 Å². The molecule has 0 spiro atoms. The maximum atomic E-state index is 10.2. The van der Waals surface area contributed by atoms with Gasteiger partial charge < -0.3 is 15.1 Å². The Bertz CT molecular complexity index is 914. The topological polar surface area (TPSA) is 62.0 Å². The van der Waals surface area contributed by atoms with Crippen molar-refractivity contribution in [1.29, 1.82) is 0 Å². The molecule has 5 atom stereocenters. The summed E-state index contributed by atoms with van der Waals surface area (Å²) in [6.07, 6.45) is 16.7. The number of aliphatic hydroxyl groups excluding tert-OH is 2. The summed E-state index contributed by atoms with van der Waals surface area (Å²) >= 11 is 0. The molecule has 3 aliphatic carbocycles. The van der Waals surface area contributed by atoms with E-state index < -0.39 is 12.2 Å². The Hall–Kier alpha value is -1.91. The summed E-state index contributed by atoms with van der Waals surface area (Å²) in [5, 5.41) is 24.5. The molecule has 0 heterocycles. The second-order valence-electron chi connectivity index (χ2n) is 11.7. The molecule has 188 valence electrons. The van der Waals surface area contributed by atoms with Crippen molar-refractivity contribution >= 4 is 5.71 Å². The molecule has 2 fully saturated rings. The standard InChI is InChI=1S/C30H45NO3/c1-20(10-8-12-28(31-34-7)29(3,4)5)25-15-16-26-22(11-9-17-30(25,26)6)13-14-23-18-24(32)19-27(33)21(23)2/h8,12-15,20,24,26-27,32-33H,2,9-11,16-19H2,1,3-7H3/b12-8+,22-13+,23-14-,31-28+/t20-,24-,26+,27+,30-/m1/s1. The Kier molecular flexibility index (Phi) is 8.47. The van der Waals surface area contributed by atoms with Crippen molar-refractivity contribution in [1.82, 2.24) is 0 Å². The Balaban J connectivity index is 1.73. The minimum absolute atomic E-state index is 0.0489. The van der Waals surface area contributed by atoms with Gasteiger partial charge in [0.2, 0.25) is 0 Å². The van der Waals surface area contributed by atoms with Crippen molar-refractivity contribution in [3.63, 3.8) is 0 Å². The second-order valence-corrected chi connectivity index (χ2v) is 11.7. The van der Waals surface area contributed by atoms with Crippen molar-refractivity contribution < 1.29 is 15.1 Å². The zero-order valence-electron chi connectivity index (χ0n) is 22.1. The number of hydrogen-bond acceptors (Lipinski definition) is 4. The maximum absolute atomic E-state index is 10.2. The van der Waals surface area contributed by atoms with Crippen LogP contribution >= 0.6 is 0 Å². The summed E-state index contributed by atoms with van der Waals surface area (Å²) in [4.78, 5) is 5.05. The highest BCUT2D eigenvalue weighted by atomic mass is 16.6. The largest absolute Gasteiger partial charge is 0.399 e. The fraction of sp³-hybridized carbons (Fsp3) is 0.633. The Morgan fingerprint density at radius 1 is 1.32 bits per heavy atom. The van der Waals surface area contributed by atoms with Crippen LogP contribution in [0.1, 0.15) is 79.6 Å². The van der Waals surface area contributed by atoms with Crippen molar-refractivity contribution in [2.24, 2.45) is 27.8 Å². The van der Waals surface area contributed by atoms with Gasteiger partial charge in [0.1, 0.15) is 7.11 Å². The van der Waals surface area contributed by atoms with Crippen LogP contribution in [0, 0.1) is 22.7 Å². The molecule has 2 saturated carbocycles. The molecule has 4 nitrogen and oxygen atoms in total. The van der Waals surface area contributed by atoms with E-state index in [1.54, 1.807) is 12.7 Å². The van der Waals surface area contributed by atoms with Crippen molar-refractivity contribution in [2.75, 3.05) is 7.11 Å². The predicted molar refractivity (Wildman–Crippen MR) is 142 cm³/mol. The van der Waals surface area contributed by atoms with Crippen molar-refractivity contribution in [3.05, 3.63) is 59.3 Å². The van der Waals surface area contributed by atoms with E-state index in [4.69, 9.17) is 4.84 Å². The molecule has 0 bridgehead atoms. The average molecular weight is 468 g/mol. The summed E-state index contributed by atoms with van der Waals surface area (Å²) in [7, 11) is 1.60. The summed E-state index contributed by atoms with van der Waals surface area (Å²) in [6.45, 7) is 15.3. The SMILES string of the molecule is C=C1/C(=C\C=C2/CCC[C@]3(C)C([C@H](C)C/C=C/C(=N\OC)C(C)(C)C)=CC[C@@H]23)C[C@@H](O)C[C@@H]1O. The molecule has 0 amide bonds. The van der Waals surface area contributed by atoms with Crippen molar-refractivity contribution in [2.45, 2.75) is 91.8 Å². The van der Waals surface area contributed by atoms with Gasteiger partial charge in [0.05, 0.1) is 17.9 Å². The van der Waals surface area contributed by atoms with E-state index in [2.05, 4.69) is 76.7 Å². The quantitative estimate of drug-likeness (QED) is 0.260. The Morgan fingerprint density at radius 2 is 2.06 bits per heavy atom. The number of aliphatic hydroxyl groups is 2. The van der Waals surface area contributed by atoms with Crippen LogP contribution in [0.25, 0.3) is 0 Å². The highest BCUT2D eigenvalue weighted by Crippen LogP contribution is 2.57. The zero-order chi connectivity index (χ0) is 25.1. The zero-order valence-corrected chi connectivity index (χ0v) is 22.1. The number of allylic oxidation sites excluding steroid dienone is 7. The lowest BCUT2D eigenvalue weighted by Crippen LogP contribution is -2.32. The van der Waals surface area contributed by atoms with E-state index in [0.717, 1.165) is 36.1 Å². The monoisotopic (exact) mass is 467 g/mol. The molecule has 34 heavy (non-hydrogen) atoms. The molecule has 0 aromatic rings. The molecular weight excluding hydrogens is 422 g/mol. The van der Waals surface area contributed by atoms with Gasteiger partial charge in [0, 0.05) is 11.8 Å². The molecule has 0 aromatic heterocycles. The van der Waals surface area contributed by atoms with E-state index in [1.165, 1.54) is 18.4 Å². The molecule has 2 N–H and O–H groups in total. The lowest BCUT2D eigenvalue weighted by Gasteiger charge is -2.42. The average Bonchev–Trinajstić information content (AvgIpc) is 3.11. The number of rotatable bonds is 6. The minimum atomic E-state index is -0.633. The third kappa shape index (κ3) is 5.83. The smallest absolute Gasteiger partial charge is 0.106 e. The molecule has 0 radical (unpaired) electrons. The Morgan fingerprint density at radius 3 is 2.74 bits per heavy atom. The molecule has 4 heteroatoms. The number of fused-ring (bicyclic) bond motifs is 1. The molecular formula is C30H45NO3. The first-order valence-electron chi connectivity index (χ1n) is 12.9. The minimum Gasteiger partial charge on any atom is -0.399 e. The van der Waals surface area contributed by atoms with Gasteiger partial charge in [0.25, 0.3) is 0 Å². The van der Waals surface area contributed by atoms with Crippen LogP contribution < -0.4 is 0 Å². The summed E-state index contributed by atoms with van der Waals surface area (Å²) < 4.78 is 0. The molecule has 3 rings (SSSR count). The van der Waals surface area contributed by atoms with Gasteiger partial charge in [-0.05, 0) is 73.0 Å². The van der Waals surface area contributed by atoms with Gasteiger partial charge in [-0.1, -0.05) is 81.8 Å². The summed E-state index contributed by atoms with van der Waals surface area (Å²) in [5.74, 6) is 1.02. The molecule has 0 aliphatic heterocycles. The maximum Gasteiger partial charge on any atom is 0.106 e. The highest BCUT2D eigenvalue weighted by Gasteiger charge is 2.45. The van der Waals surface area contributed by atoms with Crippen LogP contribution in [0.2, 0.25) is 0 Å². The van der Waals surface area contributed by atoms with E-state index in [1.807, 2.05) is 0 Å². The van der Waals surface area contributed by atoms with Gasteiger partial charge in [-0.2, -0.15) is 0 Å². The highest BCUT2D eigenvalue weighted by molar-refractivity contribution is 5.98. The molecule has 0 saturated heterocycles. The third-order valence-electron chi connectivity index (χ3n) is 8.13. The van der Waals surface area contributed by atoms with E-state index in [0.29, 0.717) is 24.7 Å². The van der Waals surface area contributed by atoms with Crippen LogP contribution in [0.15, 0.2) is 64.4 Å². The van der Waals surface area contributed by atoms with Crippen LogP contribution in [-0.2, 0) is 4.84 Å². The first-order chi connectivity index (χ1) is 16.0. The Labute approximate surface area is 206 Å². The predicted octanol–water partition coefficient (Wildman–Crippen LogP) is 6.68. The lowest BCUT2D eigenvalue weighted by molar-refractivity contribution is 0.0862. The van der Waals surface area contributed by atoms with Crippen LogP contribution in [0.3, 0.4) is 0 Å². The number of oxime groups is 1. The van der Waals surface area contributed by atoms with E-state index in [9.17, 15) is 10.2 Å². The third-order valence-corrected chi connectivity index (χ3v) is 8.13. The first-order valence-corrected chi connectivity index (χ1v) is 12.9. The fourth-order valence-electron chi connectivity index (χ4n) is 6.11. The van der Waals surface area contributed by atoms with Gasteiger partial charge in [-0.3, -0.25) is 0 Å². The lowest BCUT2D eigenvalue weighted by atomic mass is 9.62. The first kappa shape index (κ1) is 26.7. The van der Waals surface area contributed by atoms with Crippen molar-refractivity contribution in [3.8, 4) is 0 Å². The summed E-state index contributed by atoms with van der Waals surface area (Å²) in [5.41, 5.74) is 5.95. The van der Waals surface area contributed by atoms with E-state index >= 15 is 0 Å². The van der Waals surface area contributed by atoms with Gasteiger partial charge in [0.15, 0.2) is 0 Å². The molecule has 0 aromatic carbocycles. The van der Waals surface area contributed by atoms with E-state index in [-0.39, 0.29) is 10.8 Å². The second kappa shape index (κ2) is 10.8. The van der Waals surface area contributed by atoms with Gasteiger partial charge in [-0.25, -0.2) is 0 Å².